The molecule has 0 saturated carbocycles. The third-order valence-corrected chi connectivity index (χ3v) is 5.76. The van der Waals surface area contributed by atoms with E-state index < -0.39 is 15.6 Å². The number of rotatable bonds is 7. The number of carbonyl (C=O) groups is 1. The Balaban J connectivity index is 2.21. The Morgan fingerprint density at radius 1 is 0.926 bits per heavy atom. The smallest absolute Gasteiger partial charge is 0.228 e. The summed E-state index contributed by atoms with van der Waals surface area (Å²) in [4.78, 5) is 14.7. The molecule has 0 fully saturated rings. The molecule has 0 aromatic heterocycles. The molecular weight excluding hydrogens is 360 g/mol. The standard InChI is InChI=1S/C21H28N2O3S/c1-21(2,3)23(27(4,25)26)16-15-20(24)22(19-13-9-6-10-14-19)17-18-11-7-5-8-12-18/h5-14H,15-17H2,1-4H3. The van der Waals surface area contributed by atoms with Crippen LogP contribution in [0.5, 0.6) is 0 Å². The minimum atomic E-state index is -3.40. The maximum atomic E-state index is 13.0. The number of hydrogen-bond acceptors (Lipinski definition) is 3. The largest absolute Gasteiger partial charge is 0.308 e. The van der Waals surface area contributed by atoms with Crippen LogP contribution in [0.3, 0.4) is 0 Å². The maximum Gasteiger partial charge on any atom is 0.228 e. The molecule has 0 bridgehead atoms. The van der Waals surface area contributed by atoms with Crippen LogP contribution < -0.4 is 4.90 Å². The van der Waals surface area contributed by atoms with E-state index in [0.717, 1.165) is 11.3 Å². The molecule has 1 amide bonds. The number of hydrogen-bond donors (Lipinski definition) is 0. The maximum absolute atomic E-state index is 13.0. The number of amides is 1. The molecule has 2 rings (SSSR count). The van der Waals surface area contributed by atoms with Crippen molar-refractivity contribution in [1.82, 2.24) is 4.31 Å². The monoisotopic (exact) mass is 388 g/mol. The number of benzene rings is 2. The summed E-state index contributed by atoms with van der Waals surface area (Å²) in [6.07, 6.45) is 1.30. The quantitative estimate of drug-likeness (QED) is 0.727. The molecule has 0 aliphatic rings. The Morgan fingerprint density at radius 3 is 1.93 bits per heavy atom. The molecule has 2 aromatic carbocycles. The zero-order valence-electron chi connectivity index (χ0n) is 16.4. The van der Waals surface area contributed by atoms with Gasteiger partial charge in [-0.1, -0.05) is 48.5 Å². The van der Waals surface area contributed by atoms with Crippen LogP contribution in [0.1, 0.15) is 32.8 Å². The molecule has 0 aliphatic heterocycles. The van der Waals surface area contributed by atoms with Gasteiger partial charge in [-0.15, -0.1) is 0 Å². The Hall–Kier alpha value is -2.18. The van der Waals surface area contributed by atoms with E-state index in [1.54, 1.807) is 4.90 Å². The lowest BCUT2D eigenvalue weighted by molar-refractivity contribution is -0.119. The number of para-hydroxylation sites is 1. The van der Waals surface area contributed by atoms with Crippen molar-refractivity contribution >= 4 is 21.6 Å². The van der Waals surface area contributed by atoms with Gasteiger partial charge in [0.1, 0.15) is 0 Å². The molecule has 0 saturated heterocycles. The molecule has 5 nitrogen and oxygen atoms in total. The van der Waals surface area contributed by atoms with Crippen LogP contribution in [0.4, 0.5) is 5.69 Å². The molecule has 0 aliphatic carbocycles. The third-order valence-electron chi connectivity index (χ3n) is 4.23. The second-order valence-electron chi connectivity index (χ2n) is 7.56. The van der Waals surface area contributed by atoms with Gasteiger partial charge in [0.2, 0.25) is 15.9 Å². The molecule has 27 heavy (non-hydrogen) atoms. The Morgan fingerprint density at radius 2 is 1.44 bits per heavy atom. The molecular formula is C21H28N2O3S. The lowest BCUT2D eigenvalue weighted by atomic mass is 10.1. The first kappa shape index (κ1) is 21.1. The van der Waals surface area contributed by atoms with E-state index in [4.69, 9.17) is 0 Å². The zero-order chi connectivity index (χ0) is 20.1. The summed E-state index contributed by atoms with van der Waals surface area (Å²) in [5, 5.41) is 0. The summed E-state index contributed by atoms with van der Waals surface area (Å²) in [5.41, 5.74) is 1.24. The average Bonchev–Trinajstić information content (AvgIpc) is 2.59. The highest BCUT2D eigenvalue weighted by Crippen LogP contribution is 2.21. The topological polar surface area (TPSA) is 57.7 Å². The van der Waals surface area contributed by atoms with Crippen LogP contribution in [0.2, 0.25) is 0 Å². The van der Waals surface area contributed by atoms with E-state index in [9.17, 15) is 13.2 Å². The lowest BCUT2D eigenvalue weighted by Crippen LogP contribution is -2.46. The van der Waals surface area contributed by atoms with E-state index >= 15 is 0 Å². The van der Waals surface area contributed by atoms with Gasteiger partial charge in [-0.25, -0.2) is 8.42 Å². The van der Waals surface area contributed by atoms with Crippen LogP contribution in [0.15, 0.2) is 60.7 Å². The van der Waals surface area contributed by atoms with Gasteiger partial charge in [0.25, 0.3) is 0 Å². The second-order valence-corrected chi connectivity index (χ2v) is 9.46. The molecule has 0 spiro atoms. The summed E-state index contributed by atoms with van der Waals surface area (Å²) in [6.45, 7) is 6.09. The first-order chi connectivity index (χ1) is 12.6. The fourth-order valence-electron chi connectivity index (χ4n) is 3.03. The van der Waals surface area contributed by atoms with Crippen molar-refractivity contribution in [2.75, 3.05) is 17.7 Å². The van der Waals surface area contributed by atoms with Crippen molar-refractivity contribution in [2.45, 2.75) is 39.3 Å². The SMILES string of the molecule is CC(C)(C)N(CCC(=O)N(Cc1ccccc1)c1ccccc1)S(C)(=O)=O. The molecule has 0 radical (unpaired) electrons. The van der Waals surface area contributed by atoms with Crippen molar-refractivity contribution in [3.05, 3.63) is 66.2 Å². The summed E-state index contributed by atoms with van der Waals surface area (Å²) in [7, 11) is -3.40. The highest BCUT2D eigenvalue weighted by molar-refractivity contribution is 7.88. The molecule has 0 unspecified atom stereocenters. The van der Waals surface area contributed by atoms with E-state index in [-0.39, 0.29) is 18.9 Å². The highest BCUT2D eigenvalue weighted by atomic mass is 32.2. The Kier molecular flexibility index (Phi) is 6.78. The van der Waals surface area contributed by atoms with Crippen LogP contribution in [0.25, 0.3) is 0 Å². The number of nitrogens with zero attached hydrogens (tertiary/aromatic N) is 2. The minimum Gasteiger partial charge on any atom is -0.308 e. The fraction of sp³-hybridized carbons (Fsp3) is 0.381. The normalized spacial score (nSPS) is 12.2. The highest BCUT2D eigenvalue weighted by Gasteiger charge is 2.30. The van der Waals surface area contributed by atoms with Gasteiger partial charge in [-0.3, -0.25) is 4.79 Å². The number of carbonyl (C=O) groups excluding carboxylic acids is 1. The third kappa shape index (κ3) is 6.19. The second kappa shape index (κ2) is 8.67. The number of anilines is 1. The number of sulfonamides is 1. The van der Waals surface area contributed by atoms with Crippen molar-refractivity contribution in [1.29, 1.82) is 0 Å². The molecule has 2 aromatic rings. The van der Waals surface area contributed by atoms with Gasteiger partial charge in [-0.05, 0) is 38.5 Å². The van der Waals surface area contributed by atoms with Gasteiger partial charge in [0, 0.05) is 24.2 Å². The van der Waals surface area contributed by atoms with Gasteiger partial charge in [-0.2, -0.15) is 4.31 Å². The van der Waals surface area contributed by atoms with Crippen molar-refractivity contribution in [3.8, 4) is 0 Å². The van der Waals surface area contributed by atoms with Crippen LogP contribution in [-0.2, 0) is 21.4 Å². The van der Waals surface area contributed by atoms with E-state index in [0.29, 0.717) is 6.54 Å². The van der Waals surface area contributed by atoms with E-state index in [2.05, 4.69) is 0 Å². The minimum absolute atomic E-state index is 0.108. The Bertz CT molecular complexity index is 844. The lowest BCUT2D eigenvalue weighted by Gasteiger charge is -2.33. The first-order valence-corrected chi connectivity index (χ1v) is 10.8. The summed E-state index contributed by atoms with van der Waals surface area (Å²) < 4.78 is 25.6. The molecule has 0 N–H and O–H groups in total. The van der Waals surface area contributed by atoms with Gasteiger partial charge >= 0.3 is 0 Å². The molecule has 6 heteroatoms. The predicted octanol–water partition coefficient (Wildman–Crippen LogP) is 3.67. The van der Waals surface area contributed by atoms with Crippen molar-refractivity contribution < 1.29 is 13.2 Å². The van der Waals surface area contributed by atoms with Crippen molar-refractivity contribution in [3.63, 3.8) is 0 Å². The molecule has 146 valence electrons. The Labute approximate surface area is 162 Å². The summed E-state index contributed by atoms with van der Waals surface area (Å²) in [6, 6.07) is 19.2. The predicted molar refractivity (Wildman–Crippen MR) is 110 cm³/mol. The van der Waals surface area contributed by atoms with Gasteiger partial charge in [0.15, 0.2) is 0 Å². The van der Waals surface area contributed by atoms with Crippen LogP contribution in [0, 0.1) is 0 Å². The first-order valence-electron chi connectivity index (χ1n) is 8.96. The van der Waals surface area contributed by atoms with Crippen LogP contribution >= 0.6 is 0 Å². The van der Waals surface area contributed by atoms with Crippen LogP contribution in [-0.4, -0.2) is 37.0 Å². The van der Waals surface area contributed by atoms with E-state index in [1.165, 1.54) is 10.6 Å². The van der Waals surface area contributed by atoms with E-state index in [1.807, 2.05) is 81.4 Å². The summed E-state index contributed by atoms with van der Waals surface area (Å²) >= 11 is 0. The van der Waals surface area contributed by atoms with Gasteiger partial charge in [0.05, 0.1) is 12.8 Å². The van der Waals surface area contributed by atoms with Crippen molar-refractivity contribution in [2.24, 2.45) is 0 Å². The average molecular weight is 389 g/mol. The molecule has 0 atom stereocenters. The van der Waals surface area contributed by atoms with Gasteiger partial charge < -0.3 is 4.90 Å². The summed E-state index contributed by atoms with van der Waals surface area (Å²) in [5.74, 6) is -0.108. The fourth-order valence-corrected chi connectivity index (χ4v) is 4.45. The zero-order valence-corrected chi connectivity index (χ0v) is 17.2. The molecule has 0 heterocycles.